The Labute approximate surface area is 74.8 Å². The Morgan fingerprint density at radius 3 is 3.00 bits per heavy atom. The Morgan fingerprint density at radius 1 is 1.64 bits per heavy atom. The van der Waals surface area contributed by atoms with Gasteiger partial charge >= 0.3 is 0 Å². The third-order valence-corrected chi connectivity index (χ3v) is 2.12. The second-order valence-corrected chi connectivity index (χ2v) is 3.21. The van der Waals surface area contributed by atoms with Gasteiger partial charge in [0.1, 0.15) is 0 Å². The molecule has 1 aromatic rings. The second kappa shape index (κ2) is 4.22. The lowest BCUT2D eigenvalue weighted by molar-refractivity contribution is 0.112. The van der Waals surface area contributed by atoms with Crippen molar-refractivity contribution in [1.29, 1.82) is 0 Å². The number of thiol groups is 1. The minimum atomic E-state index is 0.550. The Kier molecular flexibility index (Phi) is 3.21. The van der Waals surface area contributed by atoms with Gasteiger partial charge in [0.2, 0.25) is 0 Å². The molecule has 0 aliphatic heterocycles. The molecule has 0 aromatic carbocycles. The van der Waals surface area contributed by atoms with E-state index in [0.717, 1.165) is 11.2 Å². The van der Waals surface area contributed by atoms with Gasteiger partial charge in [0.15, 0.2) is 6.29 Å². The molecule has 0 spiro atoms. The van der Waals surface area contributed by atoms with Gasteiger partial charge in [-0.1, -0.05) is 11.8 Å². The topological polar surface area (TPSA) is 17.1 Å². The first kappa shape index (κ1) is 8.38. The SMILES string of the molecule is O=Cc1ccc(C#CCS)s1. The number of hydrogen-bond acceptors (Lipinski definition) is 3. The molecule has 0 bridgehead atoms. The number of thiophene rings is 1. The van der Waals surface area contributed by atoms with Crippen LogP contribution in [0.15, 0.2) is 12.1 Å². The average molecular weight is 182 g/mol. The average Bonchev–Trinajstić information content (AvgIpc) is 2.48. The molecular formula is C8H6OS2. The first-order valence-electron chi connectivity index (χ1n) is 3.01. The molecule has 3 heteroatoms. The van der Waals surface area contributed by atoms with Gasteiger partial charge < -0.3 is 0 Å². The quantitative estimate of drug-likeness (QED) is 0.398. The van der Waals surface area contributed by atoms with E-state index in [4.69, 9.17) is 0 Å². The summed E-state index contributed by atoms with van der Waals surface area (Å²) in [4.78, 5) is 11.9. The van der Waals surface area contributed by atoms with E-state index >= 15 is 0 Å². The maximum absolute atomic E-state index is 10.2. The van der Waals surface area contributed by atoms with Crippen molar-refractivity contribution >= 4 is 30.3 Å². The van der Waals surface area contributed by atoms with E-state index < -0.39 is 0 Å². The number of carbonyl (C=O) groups is 1. The van der Waals surface area contributed by atoms with Crippen molar-refractivity contribution in [3.8, 4) is 11.8 Å². The summed E-state index contributed by atoms with van der Waals surface area (Å²) in [5.74, 6) is 6.24. The van der Waals surface area contributed by atoms with Gasteiger partial charge in [0.25, 0.3) is 0 Å². The fourth-order valence-electron chi connectivity index (χ4n) is 0.610. The number of aldehydes is 1. The molecule has 11 heavy (non-hydrogen) atoms. The molecule has 0 aliphatic carbocycles. The number of hydrogen-bond donors (Lipinski definition) is 1. The van der Waals surface area contributed by atoms with Crippen molar-refractivity contribution < 1.29 is 4.79 Å². The van der Waals surface area contributed by atoms with Gasteiger partial charge in [-0.2, -0.15) is 12.6 Å². The van der Waals surface area contributed by atoms with Crippen LogP contribution in [0.4, 0.5) is 0 Å². The highest BCUT2D eigenvalue weighted by Gasteiger charge is 1.93. The van der Waals surface area contributed by atoms with Crippen LogP contribution in [0.25, 0.3) is 0 Å². The summed E-state index contributed by atoms with van der Waals surface area (Å²) in [6.07, 6.45) is 0.830. The summed E-state index contributed by atoms with van der Waals surface area (Å²) < 4.78 is 0. The fraction of sp³-hybridized carbons (Fsp3) is 0.125. The zero-order valence-electron chi connectivity index (χ0n) is 5.70. The molecule has 1 aromatic heterocycles. The molecule has 1 rings (SSSR count). The summed E-state index contributed by atoms with van der Waals surface area (Å²) in [6.45, 7) is 0. The van der Waals surface area contributed by atoms with Crippen LogP contribution in [0.5, 0.6) is 0 Å². The largest absolute Gasteiger partial charge is 0.297 e. The van der Waals surface area contributed by atoms with E-state index in [1.807, 2.05) is 6.07 Å². The van der Waals surface area contributed by atoms with Crippen LogP contribution in [0.3, 0.4) is 0 Å². The van der Waals surface area contributed by atoms with Gasteiger partial charge in [-0.05, 0) is 12.1 Å². The summed E-state index contributed by atoms with van der Waals surface area (Å²) in [6, 6.07) is 3.60. The van der Waals surface area contributed by atoms with Crippen LogP contribution in [-0.4, -0.2) is 12.0 Å². The molecule has 1 heterocycles. The lowest BCUT2D eigenvalue weighted by Gasteiger charge is -1.74. The van der Waals surface area contributed by atoms with Crippen LogP contribution in [-0.2, 0) is 0 Å². The lowest BCUT2D eigenvalue weighted by atomic mass is 10.4. The van der Waals surface area contributed by atoms with E-state index in [-0.39, 0.29) is 0 Å². The molecule has 0 unspecified atom stereocenters. The van der Waals surface area contributed by atoms with Gasteiger partial charge in [0.05, 0.1) is 15.5 Å². The first-order chi connectivity index (χ1) is 5.36. The highest BCUT2D eigenvalue weighted by molar-refractivity contribution is 7.80. The van der Waals surface area contributed by atoms with Crippen LogP contribution < -0.4 is 0 Å². The second-order valence-electron chi connectivity index (χ2n) is 1.78. The van der Waals surface area contributed by atoms with E-state index in [9.17, 15) is 4.79 Å². The first-order valence-corrected chi connectivity index (χ1v) is 4.46. The Bertz CT molecular complexity index is 303. The van der Waals surface area contributed by atoms with Crippen LogP contribution in [0.2, 0.25) is 0 Å². The molecule has 0 aliphatic rings. The smallest absolute Gasteiger partial charge is 0.160 e. The predicted octanol–water partition coefficient (Wildman–Crippen LogP) is 1.84. The van der Waals surface area contributed by atoms with Crippen LogP contribution in [0.1, 0.15) is 14.5 Å². The highest BCUT2D eigenvalue weighted by Crippen LogP contribution is 2.12. The molecule has 0 radical (unpaired) electrons. The third-order valence-electron chi connectivity index (χ3n) is 1.03. The highest BCUT2D eigenvalue weighted by atomic mass is 32.1. The molecular weight excluding hydrogens is 176 g/mol. The molecule has 0 fully saturated rings. The van der Waals surface area contributed by atoms with Crippen molar-refractivity contribution in [3.63, 3.8) is 0 Å². The molecule has 56 valence electrons. The normalized spacial score (nSPS) is 8.45. The van der Waals surface area contributed by atoms with Gasteiger partial charge in [-0.25, -0.2) is 0 Å². The summed E-state index contributed by atoms with van der Waals surface area (Å²) in [7, 11) is 0. The van der Waals surface area contributed by atoms with Gasteiger partial charge in [0, 0.05) is 0 Å². The maximum Gasteiger partial charge on any atom is 0.160 e. The Hall–Kier alpha value is -0.720. The molecule has 0 amide bonds. The van der Waals surface area contributed by atoms with Crippen molar-refractivity contribution in [2.24, 2.45) is 0 Å². The van der Waals surface area contributed by atoms with Crippen molar-refractivity contribution in [3.05, 3.63) is 21.9 Å². The van der Waals surface area contributed by atoms with Crippen molar-refractivity contribution in [1.82, 2.24) is 0 Å². The standard InChI is InChI=1S/C8H6OS2/c9-6-8-4-3-7(11-8)2-1-5-10/h3-4,6,10H,5H2. The van der Waals surface area contributed by atoms with Crippen LogP contribution in [0, 0.1) is 11.8 Å². The van der Waals surface area contributed by atoms with E-state index in [1.54, 1.807) is 6.07 Å². The molecule has 0 saturated carbocycles. The van der Waals surface area contributed by atoms with E-state index in [0.29, 0.717) is 10.6 Å². The lowest BCUT2D eigenvalue weighted by Crippen LogP contribution is -1.63. The van der Waals surface area contributed by atoms with Crippen molar-refractivity contribution in [2.75, 3.05) is 5.75 Å². The third kappa shape index (κ3) is 2.41. The van der Waals surface area contributed by atoms with Crippen LogP contribution >= 0.6 is 24.0 Å². The number of carbonyl (C=O) groups excluding carboxylic acids is 1. The molecule has 1 nitrogen and oxygen atoms in total. The van der Waals surface area contributed by atoms with Gasteiger partial charge in [-0.15, -0.1) is 11.3 Å². The number of rotatable bonds is 1. The van der Waals surface area contributed by atoms with E-state index in [2.05, 4.69) is 24.5 Å². The molecule has 0 atom stereocenters. The minimum absolute atomic E-state index is 0.550. The summed E-state index contributed by atoms with van der Waals surface area (Å²) in [5.41, 5.74) is 0. The Morgan fingerprint density at radius 2 is 2.45 bits per heavy atom. The van der Waals surface area contributed by atoms with Crippen molar-refractivity contribution in [2.45, 2.75) is 0 Å². The Balaban J connectivity index is 2.80. The van der Waals surface area contributed by atoms with Gasteiger partial charge in [-0.3, -0.25) is 4.79 Å². The van der Waals surface area contributed by atoms with E-state index in [1.165, 1.54) is 11.3 Å². The molecule has 0 saturated heterocycles. The summed E-state index contributed by atoms with van der Waals surface area (Å²) >= 11 is 5.34. The zero-order valence-corrected chi connectivity index (χ0v) is 7.41. The fourth-order valence-corrected chi connectivity index (χ4v) is 1.39. The minimum Gasteiger partial charge on any atom is -0.297 e. The summed E-state index contributed by atoms with van der Waals surface area (Å²) in [5, 5.41) is 0. The monoisotopic (exact) mass is 182 g/mol. The maximum atomic E-state index is 10.2. The zero-order chi connectivity index (χ0) is 8.10. The molecule has 0 N–H and O–H groups in total. The predicted molar refractivity (Wildman–Crippen MR) is 50.4 cm³/mol.